The number of carbonyl (C=O) groups is 1. The van der Waals surface area contributed by atoms with Crippen LogP contribution in [0.2, 0.25) is 0 Å². The maximum Gasteiger partial charge on any atom is 0.308 e. The normalized spacial score (nSPS) is 11.1. The summed E-state index contributed by atoms with van der Waals surface area (Å²) in [4.78, 5) is 12.6. The van der Waals surface area contributed by atoms with E-state index in [1.807, 2.05) is 12.1 Å². The van der Waals surface area contributed by atoms with E-state index < -0.39 is 5.97 Å². The van der Waals surface area contributed by atoms with Gasteiger partial charge in [0.1, 0.15) is 0 Å². The number of hydrogen-bond donors (Lipinski definition) is 2. The van der Waals surface area contributed by atoms with Crippen LogP contribution in [0, 0.1) is 5.92 Å². The van der Waals surface area contributed by atoms with E-state index in [1.54, 1.807) is 11.3 Å². The van der Waals surface area contributed by atoms with Crippen LogP contribution in [0.5, 0.6) is 0 Å². The third kappa shape index (κ3) is 6.74. The highest BCUT2D eigenvalue weighted by atomic mass is 32.1. The van der Waals surface area contributed by atoms with Crippen molar-refractivity contribution in [3.05, 3.63) is 21.9 Å². The molecule has 0 aliphatic carbocycles. The van der Waals surface area contributed by atoms with E-state index in [-0.39, 0.29) is 6.42 Å². The molecule has 0 aliphatic rings. The second-order valence-corrected chi connectivity index (χ2v) is 5.84. The predicted molar refractivity (Wildman–Crippen MR) is 73.0 cm³/mol. The predicted octanol–water partition coefficient (Wildman–Crippen LogP) is 2.14. The summed E-state index contributed by atoms with van der Waals surface area (Å²) in [6, 6.07) is 3.86. The lowest BCUT2D eigenvalue weighted by Crippen LogP contribution is -2.19. The molecular weight excluding hydrogens is 250 g/mol. The summed E-state index contributed by atoms with van der Waals surface area (Å²) in [7, 11) is 0. The number of thiophene rings is 1. The Bertz CT molecular complexity index is 363. The van der Waals surface area contributed by atoms with Crippen LogP contribution in [0.1, 0.15) is 23.6 Å². The molecule has 0 amide bonds. The summed E-state index contributed by atoms with van der Waals surface area (Å²) in [5.41, 5.74) is 0. The summed E-state index contributed by atoms with van der Waals surface area (Å²) in [5.74, 6) is -0.209. The van der Waals surface area contributed by atoms with Crippen molar-refractivity contribution in [3.8, 4) is 0 Å². The minimum Gasteiger partial charge on any atom is -0.481 e. The van der Waals surface area contributed by atoms with Gasteiger partial charge in [0.25, 0.3) is 0 Å². The van der Waals surface area contributed by atoms with Crippen molar-refractivity contribution in [3.63, 3.8) is 0 Å². The molecule has 0 atom stereocenters. The van der Waals surface area contributed by atoms with Gasteiger partial charge in [-0.1, -0.05) is 13.8 Å². The Labute approximate surface area is 112 Å². The van der Waals surface area contributed by atoms with Crippen LogP contribution in [0.3, 0.4) is 0 Å². The van der Waals surface area contributed by atoms with Gasteiger partial charge < -0.3 is 15.2 Å². The number of carboxylic acid groups (broad SMARTS) is 1. The molecule has 1 rings (SSSR count). The first-order valence-corrected chi connectivity index (χ1v) is 6.97. The third-order valence-corrected chi connectivity index (χ3v) is 3.30. The van der Waals surface area contributed by atoms with Crippen LogP contribution < -0.4 is 5.32 Å². The van der Waals surface area contributed by atoms with Crippen molar-refractivity contribution < 1.29 is 14.6 Å². The molecular formula is C13H21NO3S. The first kappa shape index (κ1) is 15.1. The van der Waals surface area contributed by atoms with Crippen molar-refractivity contribution in [2.24, 2.45) is 5.92 Å². The zero-order chi connectivity index (χ0) is 13.4. The lowest BCUT2D eigenvalue weighted by molar-refractivity contribution is -0.136. The fourth-order valence-corrected chi connectivity index (χ4v) is 2.42. The van der Waals surface area contributed by atoms with Crippen LogP contribution >= 0.6 is 11.3 Å². The molecule has 102 valence electrons. The number of aliphatic carboxylic acids is 1. The van der Waals surface area contributed by atoms with Gasteiger partial charge in [0.05, 0.1) is 13.0 Å². The first-order valence-electron chi connectivity index (χ1n) is 6.15. The Kier molecular flexibility index (Phi) is 6.93. The highest BCUT2D eigenvalue weighted by molar-refractivity contribution is 7.12. The second-order valence-electron chi connectivity index (χ2n) is 4.58. The van der Waals surface area contributed by atoms with Gasteiger partial charge in [-0.3, -0.25) is 4.79 Å². The Morgan fingerprint density at radius 1 is 1.44 bits per heavy atom. The highest BCUT2D eigenvalue weighted by Crippen LogP contribution is 2.16. The molecule has 0 saturated heterocycles. The SMILES string of the molecule is CC(C)COCCNCc1ccc(CC(=O)O)s1. The molecule has 0 aromatic carbocycles. The van der Waals surface area contributed by atoms with Crippen molar-refractivity contribution >= 4 is 17.3 Å². The first-order chi connectivity index (χ1) is 8.58. The Morgan fingerprint density at radius 2 is 2.17 bits per heavy atom. The minimum atomic E-state index is -0.779. The van der Waals surface area contributed by atoms with Crippen LogP contribution in [-0.4, -0.2) is 30.8 Å². The maximum atomic E-state index is 10.5. The maximum absolute atomic E-state index is 10.5. The number of hydrogen-bond acceptors (Lipinski definition) is 4. The lowest BCUT2D eigenvalue weighted by Gasteiger charge is -2.07. The molecule has 1 aromatic rings. The Morgan fingerprint density at radius 3 is 2.83 bits per heavy atom. The molecule has 0 saturated carbocycles. The summed E-state index contributed by atoms with van der Waals surface area (Å²) in [6.07, 6.45) is 0.113. The molecule has 1 aromatic heterocycles. The Balaban J connectivity index is 2.12. The van der Waals surface area contributed by atoms with Crippen LogP contribution in [0.4, 0.5) is 0 Å². The van der Waals surface area contributed by atoms with E-state index in [9.17, 15) is 4.79 Å². The lowest BCUT2D eigenvalue weighted by atomic mass is 10.2. The van der Waals surface area contributed by atoms with E-state index in [4.69, 9.17) is 9.84 Å². The van der Waals surface area contributed by atoms with Gasteiger partial charge in [0.2, 0.25) is 0 Å². The zero-order valence-corrected chi connectivity index (χ0v) is 11.8. The van der Waals surface area contributed by atoms with Crippen LogP contribution in [0.15, 0.2) is 12.1 Å². The van der Waals surface area contributed by atoms with Gasteiger partial charge in [-0.05, 0) is 18.1 Å². The van der Waals surface area contributed by atoms with Gasteiger partial charge in [0, 0.05) is 29.5 Å². The molecule has 0 bridgehead atoms. The van der Waals surface area contributed by atoms with Crippen molar-refractivity contribution in [1.29, 1.82) is 0 Å². The average Bonchev–Trinajstić information content (AvgIpc) is 2.69. The number of ether oxygens (including phenoxy) is 1. The fourth-order valence-electron chi connectivity index (χ4n) is 1.44. The second kappa shape index (κ2) is 8.24. The van der Waals surface area contributed by atoms with Gasteiger partial charge >= 0.3 is 5.97 Å². The number of rotatable bonds is 9. The van der Waals surface area contributed by atoms with Crippen molar-refractivity contribution in [1.82, 2.24) is 5.32 Å². The van der Waals surface area contributed by atoms with Crippen LogP contribution in [-0.2, 0) is 22.5 Å². The van der Waals surface area contributed by atoms with Gasteiger partial charge in [-0.2, -0.15) is 0 Å². The van der Waals surface area contributed by atoms with Gasteiger partial charge in [0.15, 0.2) is 0 Å². The molecule has 4 nitrogen and oxygen atoms in total. The molecule has 0 fully saturated rings. The summed E-state index contributed by atoms with van der Waals surface area (Å²) >= 11 is 1.55. The summed E-state index contributed by atoms with van der Waals surface area (Å²) in [5, 5.41) is 11.9. The molecule has 0 unspecified atom stereocenters. The summed E-state index contributed by atoms with van der Waals surface area (Å²) < 4.78 is 5.45. The quantitative estimate of drug-likeness (QED) is 0.676. The topological polar surface area (TPSA) is 58.6 Å². The van der Waals surface area contributed by atoms with E-state index in [2.05, 4.69) is 19.2 Å². The van der Waals surface area contributed by atoms with Gasteiger partial charge in [-0.25, -0.2) is 0 Å². The largest absolute Gasteiger partial charge is 0.481 e. The molecule has 2 N–H and O–H groups in total. The van der Waals surface area contributed by atoms with Gasteiger partial charge in [-0.15, -0.1) is 11.3 Å². The zero-order valence-electron chi connectivity index (χ0n) is 10.9. The van der Waals surface area contributed by atoms with Crippen molar-refractivity contribution in [2.75, 3.05) is 19.8 Å². The number of nitrogens with one attached hydrogen (secondary N) is 1. The smallest absolute Gasteiger partial charge is 0.308 e. The summed E-state index contributed by atoms with van der Waals surface area (Å²) in [6.45, 7) is 7.36. The van der Waals surface area contributed by atoms with E-state index >= 15 is 0 Å². The van der Waals surface area contributed by atoms with E-state index in [0.717, 1.165) is 29.5 Å². The molecule has 1 heterocycles. The molecule has 0 radical (unpaired) electrons. The fraction of sp³-hybridized carbons (Fsp3) is 0.615. The van der Waals surface area contributed by atoms with E-state index in [0.29, 0.717) is 12.5 Å². The number of carboxylic acids is 1. The minimum absolute atomic E-state index is 0.113. The Hall–Kier alpha value is -0.910. The molecule has 18 heavy (non-hydrogen) atoms. The standard InChI is InChI=1S/C13H21NO3S/c1-10(2)9-17-6-5-14-8-12-4-3-11(18-12)7-13(15)16/h3-4,10,14H,5-9H2,1-2H3,(H,15,16). The highest BCUT2D eigenvalue weighted by Gasteiger charge is 2.04. The molecule has 0 spiro atoms. The van der Waals surface area contributed by atoms with E-state index in [1.165, 1.54) is 0 Å². The van der Waals surface area contributed by atoms with Crippen molar-refractivity contribution in [2.45, 2.75) is 26.8 Å². The monoisotopic (exact) mass is 271 g/mol. The molecule has 5 heteroatoms. The average molecular weight is 271 g/mol. The van der Waals surface area contributed by atoms with Crippen LogP contribution in [0.25, 0.3) is 0 Å². The molecule has 0 aliphatic heterocycles. The third-order valence-electron chi connectivity index (χ3n) is 2.22.